The Labute approximate surface area is 202 Å². The van der Waals surface area contributed by atoms with Crippen molar-refractivity contribution >= 4 is 16.7 Å². The first-order chi connectivity index (χ1) is 16.7. The third-order valence-electron chi connectivity index (χ3n) is 8.19. The van der Waals surface area contributed by atoms with E-state index in [4.69, 9.17) is 4.74 Å². The number of ether oxygens (including phenoxy) is 1. The van der Waals surface area contributed by atoms with E-state index in [0.717, 1.165) is 29.2 Å². The molecule has 8 heteroatoms. The minimum absolute atomic E-state index is 0.0503. The highest BCUT2D eigenvalue weighted by Crippen LogP contribution is 2.41. The molecule has 1 aliphatic carbocycles. The number of nitrogens with zero attached hydrogens (tertiary/aromatic N) is 2. The van der Waals surface area contributed by atoms with Crippen molar-refractivity contribution < 1.29 is 27.8 Å². The summed E-state index contributed by atoms with van der Waals surface area (Å²) in [6, 6.07) is 12.5. The van der Waals surface area contributed by atoms with E-state index in [1.165, 1.54) is 0 Å². The maximum absolute atomic E-state index is 13.0. The van der Waals surface area contributed by atoms with Gasteiger partial charge in [0.15, 0.2) is 0 Å². The lowest BCUT2D eigenvalue weighted by atomic mass is 9.87. The Hall–Kier alpha value is -2.79. The van der Waals surface area contributed by atoms with E-state index in [-0.39, 0.29) is 36.9 Å². The Morgan fingerprint density at radius 1 is 1.06 bits per heavy atom. The summed E-state index contributed by atoms with van der Waals surface area (Å²) in [6.07, 6.45) is -0.361. The van der Waals surface area contributed by atoms with Crippen molar-refractivity contribution in [2.45, 2.75) is 82.3 Å². The molecule has 5 nitrogen and oxygen atoms in total. The van der Waals surface area contributed by atoms with Crippen LogP contribution in [0.4, 0.5) is 13.2 Å². The molecule has 1 N–H and O–H groups in total. The van der Waals surface area contributed by atoms with Crippen LogP contribution in [0.15, 0.2) is 30.3 Å². The molecule has 3 aliphatic rings. The molecule has 2 aromatic carbocycles. The molecule has 0 radical (unpaired) electrons. The van der Waals surface area contributed by atoms with Crippen molar-refractivity contribution in [2.24, 2.45) is 11.8 Å². The predicted molar refractivity (Wildman–Crippen MR) is 124 cm³/mol. The van der Waals surface area contributed by atoms with Gasteiger partial charge in [-0.2, -0.15) is 18.4 Å². The second-order valence-corrected chi connectivity index (χ2v) is 10.3. The fourth-order valence-electron chi connectivity index (χ4n) is 6.29. The number of hydrogen-bond acceptors (Lipinski definition) is 4. The zero-order chi connectivity index (χ0) is 24.7. The Morgan fingerprint density at radius 3 is 2.31 bits per heavy atom. The lowest BCUT2D eigenvalue weighted by Crippen LogP contribution is -2.44. The number of hydrogen-bond donors (Lipinski definition) is 1. The van der Waals surface area contributed by atoms with Crippen molar-refractivity contribution in [2.75, 3.05) is 0 Å². The summed E-state index contributed by atoms with van der Waals surface area (Å²) < 4.78 is 45.0. The smallest absolute Gasteiger partial charge is 0.391 e. The quantitative estimate of drug-likeness (QED) is 0.558. The van der Waals surface area contributed by atoms with Crippen LogP contribution in [-0.4, -0.2) is 40.3 Å². The molecule has 2 bridgehead atoms. The number of carbonyl (C=O) groups is 1. The van der Waals surface area contributed by atoms with Gasteiger partial charge in [0.25, 0.3) is 0 Å². The highest BCUT2D eigenvalue weighted by Gasteiger charge is 2.43. The number of carboxylic acid groups (broad SMARTS) is 1. The molecule has 0 aromatic heterocycles. The second-order valence-electron chi connectivity index (χ2n) is 10.3. The van der Waals surface area contributed by atoms with Gasteiger partial charge in [-0.1, -0.05) is 18.2 Å². The number of piperidine rings is 1. The Morgan fingerprint density at radius 2 is 1.71 bits per heavy atom. The molecule has 2 aromatic rings. The molecule has 186 valence electrons. The summed E-state index contributed by atoms with van der Waals surface area (Å²) in [5, 5.41) is 21.1. The fourth-order valence-corrected chi connectivity index (χ4v) is 6.29. The number of fused-ring (bicyclic) bond motifs is 3. The number of benzene rings is 2. The average Bonchev–Trinajstić information content (AvgIpc) is 3.04. The molecule has 1 saturated carbocycles. The van der Waals surface area contributed by atoms with Crippen molar-refractivity contribution in [3.63, 3.8) is 0 Å². The van der Waals surface area contributed by atoms with Crippen LogP contribution in [0.1, 0.15) is 62.5 Å². The molecule has 2 heterocycles. The first-order valence-electron chi connectivity index (χ1n) is 12.4. The monoisotopic (exact) mass is 486 g/mol. The van der Waals surface area contributed by atoms with Gasteiger partial charge in [0.2, 0.25) is 0 Å². The first-order valence-corrected chi connectivity index (χ1v) is 12.4. The number of halogens is 3. The van der Waals surface area contributed by atoms with E-state index < -0.39 is 18.1 Å². The Kier molecular flexibility index (Phi) is 6.39. The van der Waals surface area contributed by atoms with Crippen molar-refractivity contribution in [3.05, 3.63) is 41.5 Å². The Balaban J connectivity index is 1.33. The van der Waals surface area contributed by atoms with Crippen LogP contribution < -0.4 is 4.74 Å². The largest absolute Gasteiger partial charge is 0.489 e. The maximum atomic E-state index is 13.0. The van der Waals surface area contributed by atoms with Crippen molar-refractivity contribution in [1.29, 1.82) is 5.26 Å². The third kappa shape index (κ3) is 4.84. The summed E-state index contributed by atoms with van der Waals surface area (Å²) in [7, 11) is 0. The fraction of sp³-hybridized carbons (Fsp3) is 0.556. The van der Waals surface area contributed by atoms with Crippen molar-refractivity contribution in [3.8, 4) is 11.8 Å². The molecule has 5 rings (SSSR count). The van der Waals surface area contributed by atoms with E-state index in [9.17, 15) is 28.3 Å². The summed E-state index contributed by atoms with van der Waals surface area (Å²) in [4.78, 5) is 13.9. The number of nitriles is 1. The molecule has 0 amide bonds. The topological polar surface area (TPSA) is 73.6 Å². The van der Waals surface area contributed by atoms with Crippen LogP contribution >= 0.6 is 0 Å². The lowest BCUT2D eigenvalue weighted by molar-refractivity contribution is -0.185. The molecule has 3 fully saturated rings. The van der Waals surface area contributed by atoms with E-state index in [1.807, 2.05) is 24.3 Å². The standard InChI is InChI=1S/C27H29F3N2O3/c28-27(29,30)19-4-8-22(9-5-19)35-25-10-3-17-2-1-16(11-23(17)24(25)14-31)15-32-20-6-7-21(32)13-18(12-20)26(33)34/h1-3,10-11,18-22H,4-9,12-13,15H2,(H,33,34)/t18?,19-,20?,21?,22+. The van der Waals surface area contributed by atoms with Gasteiger partial charge in [-0.25, -0.2) is 0 Å². The van der Waals surface area contributed by atoms with Gasteiger partial charge in [0.1, 0.15) is 17.4 Å². The Bertz CT molecular complexity index is 1140. The second kappa shape index (κ2) is 9.34. The molecular weight excluding hydrogens is 457 g/mol. The highest BCUT2D eigenvalue weighted by molar-refractivity contribution is 5.90. The summed E-state index contributed by atoms with van der Waals surface area (Å²) in [5.74, 6) is -1.82. The van der Waals surface area contributed by atoms with Gasteiger partial charge >= 0.3 is 12.1 Å². The lowest BCUT2D eigenvalue weighted by Gasteiger charge is -2.37. The van der Waals surface area contributed by atoms with E-state index >= 15 is 0 Å². The van der Waals surface area contributed by atoms with E-state index in [1.54, 1.807) is 6.07 Å². The summed E-state index contributed by atoms with van der Waals surface area (Å²) >= 11 is 0. The maximum Gasteiger partial charge on any atom is 0.391 e. The van der Waals surface area contributed by atoms with Crippen LogP contribution in [0.3, 0.4) is 0 Å². The number of rotatable bonds is 5. The van der Waals surface area contributed by atoms with Gasteiger partial charge < -0.3 is 9.84 Å². The molecule has 35 heavy (non-hydrogen) atoms. The van der Waals surface area contributed by atoms with Crippen LogP contribution in [-0.2, 0) is 11.3 Å². The van der Waals surface area contributed by atoms with Gasteiger partial charge in [0.05, 0.1) is 17.9 Å². The number of alkyl halides is 3. The van der Waals surface area contributed by atoms with Crippen molar-refractivity contribution in [1.82, 2.24) is 4.90 Å². The molecule has 0 spiro atoms. The zero-order valence-corrected chi connectivity index (χ0v) is 19.4. The zero-order valence-electron chi connectivity index (χ0n) is 19.4. The van der Waals surface area contributed by atoms with Crippen LogP contribution in [0.5, 0.6) is 5.75 Å². The van der Waals surface area contributed by atoms with Gasteiger partial charge in [-0.3, -0.25) is 9.69 Å². The molecular formula is C27H29F3N2O3. The first kappa shape index (κ1) is 23.9. The number of aliphatic carboxylic acids is 1. The van der Waals surface area contributed by atoms with Crippen LogP contribution in [0.25, 0.3) is 10.8 Å². The van der Waals surface area contributed by atoms with Crippen LogP contribution in [0.2, 0.25) is 0 Å². The highest BCUT2D eigenvalue weighted by atomic mass is 19.4. The summed E-state index contributed by atoms with van der Waals surface area (Å²) in [5.41, 5.74) is 1.47. The SMILES string of the molecule is N#Cc1c(O[C@H]2CC[C@@H](C(F)(F)F)CC2)ccc2ccc(CN3C4CCC3CC(C(=O)O)C4)cc12. The van der Waals surface area contributed by atoms with Gasteiger partial charge in [0, 0.05) is 24.0 Å². The van der Waals surface area contributed by atoms with Gasteiger partial charge in [-0.05, 0) is 74.4 Å². The normalized spacial score (nSPS) is 29.1. The predicted octanol–water partition coefficient (Wildman–Crippen LogP) is 6.04. The van der Waals surface area contributed by atoms with Gasteiger partial charge in [-0.15, -0.1) is 0 Å². The molecule has 2 saturated heterocycles. The van der Waals surface area contributed by atoms with Crippen LogP contribution in [0, 0.1) is 23.2 Å². The number of carboxylic acids is 1. The minimum Gasteiger partial charge on any atom is -0.489 e. The summed E-state index contributed by atoms with van der Waals surface area (Å²) in [6.45, 7) is 0.703. The van der Waals surface area contributed by atoms with E-state index in [2.05, 4.69) is 11.0 Å². The molecule has 2 atom stereocenters. The van der Waals surface area contributed by atoms with E-state index in [0.29, 0.717) is 43.5 Å². The average molecular weight is 487 g/mol. The third-order valence-corrected chi connectivity index (χ3v) is 8.19. The molecule has 2 aliphatic heterocycles. The molecule has 2 unspecified atom stereocenters. The minimum atomic E-state index is -4.16.